The van der Waals surface area contributed by atoms with Crippen LogP contribution in [0.4, 0.5) is 10.8 Å². The van der Waals surface area contributed by atoms with E-state index in [-0.39, 0.29) is 11.9 Å². The molecular formula is C13H15N5OS. The van der Waals surface area contributed by atoms with Crippen LogP contribution in [0.1, 0.15) is 6.42 Å². The molecule has 1 aliphatic heterocycles. The molecule has 1 atom stereocenters. The zero-order valence-electron chi connectivity index (χ0n) is 11.0. The van der Waals surface area contributed by atoms with Gasteiger partial charge in [0.05, 0.1) is 5.56 Å². The molecule has 20 heavy (non-hydrogen) atoms. The lowest BCUT2D eigenvalue weighted by molar-refractivity contribution is -0.127. The number of pyridine rings is 1. The Balaban J connectivity index is 1.90. The molecular weight excluding hydrogens is 274 g/mol. The topological polar surface area (TPSA) is 84.1 Å². The molecule has 2 aromatic heterocycles. The third kappa shape index (κ3) is 2.20. The SMILES string of the molecule is CN1CCC(Nc2snc(N)c2-c2cccnc2)C1=O. The summed E-state index contributed by atoms with van der Waals surface area (Å²) in [6.07, 6.45) is 4.25. The normalized spacial score (nSPS) is 18.6. The summed E-state index contributed by atoms with van der Waals surface area (Å²) in [7, 11) is 1.81. The van der Waals surface area contributed by atoms with E-state index < -0.39 is 0 Å². The zero-order valence-corrected chi connectivity index (χ0v) is 11.9. The first-order chi connectivity index (χ1) is 9.66. The van der Waals surface area contributed by atoms with Crippen molar-refractivity contribution in [3.8, 4) is 11.1 Å². The molecule has 1 amide bonds. The number of nitrogens with one attached hydrogen (secondary N) is 1. The first-order valence-electron chi connectivity index (χ1n) is 6.34. The fraction of sp³-hybridized carbons (Fsp3) is 0.308. The molecule has 104 valence electrons. The first kappa shape index (κ1) is 12.9. The number of carbonyl (C=O) groups is 1. The quantitative estimate of drug-likeness (QED) is 0.893. The van der Waals surface area contributed by atoms with E-state index in [0.717, 1.165) is 29.1 Å². The van der Waals surface area contributed by atoms with E-state index in [0.29, 0.717) is 5.82 Å². The molecule has 7 heteroatoms. The fourth-order valence-electron chi connectivity index (χ4n) is 2.31. The minimum Gasteiger partial charge on any atom is -0.382 e. The number of likely N-dealkylation sites (N-methyl/N-ethyl adjacent to an activating group) is 1. The maximum atomic E-state index is 12.0. The number of likely N-dealkylation sites (tertiary alicyclic amines) is 1. The maximum Gasteiger partial charge on any atom is 0.244 e. The summed E-state index contributed by atoms with van der Waals surface area (Å²) >= 11 is 1.28. The number of anilines is 2. The average molecular weight is 289 g/mol. The third-order valence-corrected chi connectivity index (χ3v) is 4.19. The summed E-state index contributed by atoms with van der Waals surface area (Å²) in [4.78, 5) is 17.8. The van der Waals surface area contributed by atoms with Crippen LogP contribution in [-0.4, -0.2) is 39.8 Å². The molecule has 0 aliphatic carbocycles. The first-order valence-corrected chi connectivity index (χ1v) is 7.11. The van der Waals surface area contributed by atoms with Crippen LogP contribution < -0.4 is 11.1 Å². The van der Waals surface area contributed by atoms with E-state index in [1.165, 1.54) is 11.5 Å². The predicted molar refractivity (Wildman–Crippen MR) is 79.4 cm³/mol. The van der Waals surface area contributed by atoms with Crippen molar-refractivity contribution in [1.82, 2.24) is 14.3 Å². The van der Waals surface area contributed by atoms with Crippen LogP contribution in [0.5, 0.6) is 0 Å². The van der Waals surface area contributed by atoms with Crippen LogP contribution in [0.15, 0.2) is 24.5 Å². The number of nitrogens with two attached hydrogens (primary N) is 1. The smallest absolute Gasteiger partial charge is 0.244 e. The van der Waals surface area contributed by atoms with E-state index in [4.69, 9.17) is 5.73 Å². The second kappa shape index (κ2) is 5.09. The summed E-state index contributed by atoms with van der Waals surface area (Å²) in [6, 6.07) is 3.58. The van der Waals surface area contributed by atoms with Gasteiger partial charge in [0.2, 0.25) is 5.91 Å². The molecule has 0 saturated carbocycles. The second-order valence-corrected chi connectivity index (χ2v) is 5.53. The van der Waals surface area contributed by atoms with E-state index in [2.05, 4.69) is 14.7 Å². The Kier molecular flexibility index (Phi) is 3.27. The van der Waals surface area contributed by atoms with Gasteiger partial charge in [-0.05, 0) is 24.0 Å². The van der Waals surface area contributed by atoms with Gasteiger partial charge in [-0.2, -0.15) is 4.37 Å². The van der Waals surface area contributed by atoms with Crippen molar-refractivity contribution in [2.24, 2.45) is 0 Å². The Morgan fingerprint density at radius 1 is 1.55 bits per heavy atom. The van der Waals surface area contributed by atoms with Crippen LogP contribution in [0.25, 0.3) is 11.1 Å². The van der Waals surface area contributed by atoms with Gasteiger partial charge in [-0.25, -0.2) is 0 Å². The van der Waals surface area contributed by atoms with Crippen LogP contribution in [0, 0.1) is 0 Å². The van der Waals surface area contributed by atoms with Gasteiger partial charge >= 0.3 is 0 Å². The summed E-state index contributed by atoms with van der Waals surface area (Å²) < 4.78 is 4.18. The number of amides is 1. The van der Waals surface area contributed by atoms with Gasteiger partial charge in [-0.1, -0.05) is 6.07 Å². The van der Waals surface area contributed by atoms with E-state index in [1.807, 2.05) is 19.2 Å². The molecule has 0 bridgehead atoms. The lowest BCUT2D eigenvalue weighted by Crippen LogP contribution is -2.30. The highest BCUT2D eigenvalue weighted by Crippen LogP contribution is 2.37. The number of hydrogen-bond acceptors (Lipinski definition) is 6. The fourth-order valence-corrected chi connectivity index (χ4v) is 3.09. The van der Waals surface area contributed by atoms with Crippen molar-refractivity contribution in [2.75, 3.05) is 24.6 Å². The number of nitrogen functional groups attached to an aromatic ring is 1. The second-order valence-electron chi connectivity index (χ2n) is 4.76. The molecule has 1 fully saturated rings. The highest BCUT2D eigenvalue weighted by Gasteiger charge is 2.30. The van der Waals surface area contributed by atoms with Gasteiger partial charge in [-0.3, -0.25) is 9.78 Å². The van der Waals surface area contributed by atoms with Crippen molar-refractivity contribution in [1.29, 1.82) is 0 Å². The van der Waals surface area contributed by atoms with Crippen LogP contribution in [0.3, 0.4) is 0 Å². The highest BCUT2D eigenvalue weighted by molar-refractivity contribution is 7.11. The Hall–Kier alpha value is -2.15. The molecule has 2 aromatic rings. The Morgan fingerprint density at radius 3 is 3.05 bits per heavy atom. The van der Waals surface area contributed by atoms with E-state index >= 15 is 0 Å². The van der Waals surface area contributed by atoms with E-state index in [1.54, 1.807) is 17.3 Å². The van der Waals surface area contributed by atoms with E-state index in [9.17, 15) is 4.79 Å². The number of nitrogens with zero attached hydrogens (tertiary/aromatic N) is 3. The molecule has 1 unspecified atom stereocenters. The molecule has 0 spiro atoms. The van der Waals surface area contributed by atoms with Gasteiger partial charge in [0, 0.05) is 31.5 Å². The number of carbonyl (C=O) groups excluding carboxylic acids is 1. The van der Waals surface area contributed by atoms with Crippen molar-refractivity contribution < 1.29 is 4.79 Å². The largest absolute Gasteiger partial charge is 0.382 e. The molecule has 6 nitrogen and oxygen atoms in total. The van der Waals surface area contributed by atoms with Crippen molar-refractivity contribution >= 4 is 28.3 Å². The maximum absolute atomic E-state index is 12.0. The van der Waals surface area contributed by atoms with Crippen LogP contribution in [-0.2, 0) is 4.79 Å². The Morgan fingerprint density at radius 2 is 2.40 bits per heavy atom. The molecule has 0 radical (unpaired) electrons. The number of rotatable bonds is 3. The monoisotopic (exact) mass is 289 g/mol. The van der Waals surface area contributed by atoms with Crippen molar-refractivity contribution in [3.63, 3.8) is 0 Å². The number of aromatic nitrogens is 2. The predicted octanol–water partition coefficient (Wildman–Crippen LogP) is 1.43. The van der Waals surface area contributed by atoms with Gasteiger partial charge in [0.15, 0.2) is 0 Å². The molecule has 3 N–H and O–H groups in total. The van der Waals surface area contributed by atoms with Gasteiger partial charge in [0.25, 0.3) is 0 Å². The minimum absolute atomic E-state index is 0.106. The average Bonchev–Trinajstić information content (AvgIpc) is 2.98. The van der Waals surface area contributed by atoms with Gasteiger partial charge in [-0.15, -0.1) is 0 Å². The van der Waals surface area contributed by atoms with Crippen molar-refractivity contribution in [3.05, 3.63) is 24.5 Å². The Bertz CT molecular complexity index is 627. The molecule has 3 rings (SSSR count). The molecule has 3 heterocycles. The third-order valence-electron chi connectivity index (χ3n) is 3.40. The van der Waals surface area contributed by atoms with Crippen LogP contribution in [0.2, 0.25) is 0 Å². The molecule has 0 aromatic carbocycles. The lowest BCUT2D eigenvalue weighted by atomic mass is 10.1. The van der Waals surface area contributed by atoms with Gasteiger partial charge < -0.3 is 16.0 Å². The Labute approximate surface area is 120 Å². The zero-order chi connectivity index (χ0) is 14.1. The molecule has 1 aliphatic rings. The minimum atomic E-state index is -0.199. The summed E-state index contributed by atoms with van der Waals surface area (Å²) in [6.45, 7) is 0.771. The molecule has 1 saturated heterocycles. The van der Waals surface area contributed by atoms with Crippen LogP contribution >= 0.6 is 11.5 Å². The van der Waals surface area contributed by atoms with Gasteiger partial charge in [0.1, 0.15) is 16.9 Å². The van der Waals surface area contributed by atoms with Crippen molar-refractivity contribution in [2.45, 2.75) is 12.5 Å². The summed E-state index contributed by atoms with van der Waals surface area (Å²) in [5.41, 5.74) is 7.67. The lowest BCUT2D eigenvalue weighted by Gasteiger charge is -2.13. The number of hydrogen-bond donors (Lipinski definition) is 2. The highest BCUT2D eigenvalue weighted by atomic mass is 32.1. The standard InChI is InChI=1S/C13H15N5OS/c1-18-6-4-9(13(18)19)16-12-10(11(14)17-20-12)8-3-2-5-15-7-8/h2-3,5,7,9,16H,4,6H2,1H3,(H2,14,17). The summed E-state index contributed by atoms with van der Waals surface area (Å²) in [5, 5.41) is 4.09. The summed E-state index contributed by atoms with van der Waals surface area (Å²) in [5.74, 6) is 0.568.